The van der Waals surface area contributed by atoms with E-state index in [1.165, 1.54) is 22.5 Å². The molecule has 2 rings (SSSR count). The molecule has 1 saturated heterocycles. The number of β-amino-alcohol motifs (C(OH)–C–C–N with tert-alkyl or cyclic N) is 1. The lowest BCUT2D eigenvalue weighted by molar-refractivity contribution is 0.0605. The van der Waals surface area contributed by atoms with Gasteiger partial charge in [-0.15, -0.1) is 0 Å². The summed E-state index contributed by atoms with van der Waals surface area (Å²) in [6.45, 7) is 2.25. The van der Waals surface area contributed by atoms with Gasteiger partial charge < -0.3 is 16.6 Å². The monoisotopic (exact) mass is 313 g/mol. The maximum atomic E-state index is 12.6. The zero-order valence-electron chi connectivity index (χ0n) is 11.7. The molecular weight excluding hydrogens is 294 g/mol. The first-order valence-corrected chi connectivity index (χ1v) is 8.05. The van der Waals surface area contributed by atoms with Gasteiger partial charge in [0.05, 0.1) is 11.8 Å². The predicted molar refractivity (Wildman–Crippen MR) is 77.9 cm³/mol. The highest BCUT2D eigenvalue weighted by molar-refractivity contribution is 7.89. The molecule has 1 aromatic rings. The van der Waals surface area contributed by atoms with Gasteiger partial charge in [-0.25, -0.2) is 8.42 Å². The molecule has 0 saturated carbocycles. The summed E-state index contributed by atoms with van der Waals surface area (Å²) >= 11 is 0. The Labute approximate surface area is 123 Å². The molecular formula is C13H19N3O4S. The number of benzene rings is 1. The van der Waals surface area contributed by atoms with Gasteiger partial charge in [-0.1, -0.05) is 6.92 Å². The van der Waals surface area contributed by atoms with Crippen LogP contribution in [0, 0.1) is 5.92 Å². The Morgan fingerprint density at radius 3 is 2.62 bits per heavy atom. The van der Waals surface area contributed by atoms with Crippen molar-refractivity contribution in [1.82, 2.24) is 4.31 Å². The van der Waals surface area contributed by atoms with Crippen LogP contribution in [0.25, 0.3) is 0 Å². The van der Waals surface area contributed by atoms with Gasteiger partial charge in [0.15, 0.2) is 0 Å². The molecule has 0 aliphatic carbocycles. The van der Waals surface area contributed by atoms with Crippen LogP contribution in [0.2, 0.25) is 0 Å². The highest BCUT2D eigenvalue weighted by Gasteiger charge is 2.33. The summed E-state index contributed by atoms with van der Waals surface area (Å²) in [5, 5.41) is 9.85. The Kier molecular flexibility index (Phi) is 4.22. The van der Waals surface area contributed by atoms with Gasteiger partial charge >= 0.3 is 0 Å². The molecule has 2 atom stereocenters. The molecule has 5 N–H and O–H groups in total. The zero-order valence-corrected chi connectivity index (χ0v) is 12.5. The van der Waals surface area contributed by atoms with Gasteiger partial charge in [0, 0.05) is 18.7 Å². The number of aliphatic hydroxyl groups excluding tert-OH is 1. The number of primary amides is 1. The minimum absolute atomic E-state index is 0.0283. The zero-order chi connectivity index (χ0) is 15.8. The molecule has 0 spiro atoms. The van der Waals surface area contributed by atoms with Gasteiger partial charge in [0.2, 0.25) is 15.9 Å². The van der Waals surface area contributed by atoms with Crippen molar-refractivity contribution in [2.45, 2.75) is 24.3 Å². The number of carbonyl (C=O) groups excluding carboxylic acids is 1. The molecule has 1 fully saturated rings. The Morgan fingerprint density at radius 2 is 2.10 bits per heavy atom. The average molecular weight is 313 g/mol. The van der Waals surface area contributed by atoms with Crippen molar-refractivity contribution in [1.29, 1.82) is 0 Å². The van der Waals surface area contributed by atoms with Crippen LogP contribution >= 0.6 is 0 Å². The SMILES string of the molecule is CC1CCN(S(=O)(=O)c2ccc(C(N)=O)cc2N)CC1O. The molecule has 7 nitrogen and oxygen atoms in total. The van der Waals surface area contributed by atoms with Crippen molar-refractivity contribution >= 4 is 21.6 Å². The maximum absolute atomic E-state index is 12.6. The van der Waals surface area contributed by atoms with E-state index in [1.807, 2.05) is 6.92 Å². The third kappa shape index (κ3) is 3.02. The van der Waals surface area contributed by atoms with Gasteiger partial charge in [-0.3, -0.25) is 4.79 Å². The summed E-state index contributed by atoms with van der Waals surface area (Å²) in [4.78, 5) is 11.0. The molecule has 116 valence electrons. The number of piperidine rings is 1. The number of nitrogen functional groups attached to an aromatic ring is 1. The fourth-order valence-electron chi connectivity index (χ4n) is 2.31. The van der Waals surface area contributed by atoms with E-state index in [9.17, 15) is 18.3 Å². The Bertz CT molecular complexity index is 659. The van der Waals surface area contributed by atoms with Crippen molar-refractivity contribution in [3.63, 3.8) is 0 Å². The summed E-state index contributed by atoms with van der Waals surface area (Å²) in [6, 6.07) is 3.85. The van der Waals surface area contributed by atoms with E-state index in [0.29, 0.717) is 13.0 Å². The molecule has 1 heterocycles. The summed E-state index contributed by atoms with van der Waals surface area (Å²) < 4.78 is 26.3. The second kappa shape index (κ2) is 5.63. The van der Waals surface area contributed by atoms with Gasteiger partial charge in [-0.2, -0.15) is 4.31 Å². The second-order valence-electron chi connectivity index (χ2n) is 5.31. The second-order valence-corrected chi connectivity index (χ2v) is 7.22. The van der Waals surface area contributed by atoms with Crippen molar-refractivity contribution < 1.29 is 18.3 Å². The molecule has 8 heteroatoms. The summed E-state index contributed by atoms with van der Waals surface area (Å²) in [5.41, 5.74) is 11.0. The molecule has 1 aliphatic rings. The third-order valence-electron chi connectivity index (χ3n) is 3.79. The number of carbonyl (C=O) groups is 1. The van der Waals surface area contributed by atoms with Crippen LogP contribution in [-0.4, -0.2) is 42.9 Å². The van der Waals surface area contributed by atoms with E-state index in [-0.39, 0.29) is 28.6 Å². The molecule has 21 heavy (non-hydrogen) atoms. The van der Waals surface area contributed by atoms with Gasteiger partial charge in [-0.05, 0) is 30.5 Å². The molecule has 1 aromatic carbocycles. The molecule has 1 aliphatic heterocycles. The van der Waals surface area contributed by atoms with Crippen molar-refractivity contribution in [3.05, 3.63) is 23.8 Å². The number of aliphatic hydroxyl groups is 1. The topological polar surface area (TPSA) is 127 Å². The first-order chi connectivity index (χ1) is 9.73. The van der Waals surface area contributed by atoms with E-state index in [0.717, 1.165) is 0 Å². The molecule has 1 amide bonds. The predicted octanol–water partition coefficient (Wildman–Crippen LogP) is -0.241. The van der Waals surface area contributed by atoms with Gasteiger partial charge in [0.1, 0.15) is 4.90 Å². The molecule has 0 aromatic heterocycles. The van der Waals surface area contributed by atoms with Crippen LogP contribution in [0.5, 0.6) is 0 Å². The standard InChI is InChI=1S/C13H19N3O4S/c1-8-4-5-16(7-11(8)17)21(19,20)12-3-2-9(13(15)18)6-10(12)14/h2-3,6,8,11,17H,4-5,7,14H2,1H3,(H2,15,18). The highest BCUT2D eigenvalue weighted by Crippen LogP contribution is 2.27. The smallest absolute Gasteiger partial charge is 0.248 e. The maximum Gasteiger partial charge on any atom is 0.248 e. The number of nitrogens with two attached hydrogens (primary N) is 2. The van der Waals surface area contributed by atoms with E-state index < -0.39 is 22.0 Å². The lowest BCUT2D eigenvalue weighted by atomic mass is 9.98. The summed E-state index contributed by atoms with van der Waals surface area (Å²) in [5.74, 6) is -0.612. The van der Waals surface area contributed by atoms with Crippen LogP contribution in [0.3, 0.4) is 0 Å². The normalized spacial score (nSPS) is 23.9. The largest absolute Gasteiger partial charge is 0.398 e. The lowest BCUT2D eigenvalue weighted by Crippen LogP contribution is -2.45. The van der Waals surface area contributed by atoms with E-state index >= 15 is 0 Å². The van der Waals surface area contributed by atoms with Crippen molar-refractivity contribution in [2.24, 2.45) is 11.7 Å². The van der Waals surface area contributed by atoms with Gasteiger partial charge in [0.25, 0.3) is 0 Å². The molecule has 0 radical (unpaired) electrons. The van der Waals surface area contributed by atoms with E-state index in [1.54, 1.807) is 0 Å². The van der Waals surface area contributed by atoms with Crippen LogP contribution in [0.4, 0.5) is 5.69 Å². The minimum atomic E-state index is -3.80. The number of anilines is 1. The fraction of sp³-hybridized carbons (Fsp3) is 0.462. The average Bonchev–Trinajstić information content (AvgIpc) is 2.41. The number of hydrogen-bond acceptors (Lipinski definition) is 5. The Hall–Kier alpha value is -1.64. The first kappa shape index (κ1) is 15.7. The third-order valence-corrected chi connectivity index (χ3v) is 5.73. The number of hydrogen-bond donors (Lipinski definition) is 3. The van der Waals surface area contributed by atoms with E-state index in [2.05, 4.69) is 0 Å². The van der Waals surface area contributed by atoms with E-state index in [4.69, 9.17) is 11.5 Å². The number of rotatable bonds is 3. The van der Waals surface area contributed by atoms with Crippen molar-refractivity contribution in [2.75, 3.05) is 18.8 Å². The summed E-state index contributed by atoms with van der Waals surface area (Å²) in [7, 11) is -3.80. The first-order valence-electron chi connectivity index (χ1n) is 6.61. The number of sulfonamides is 1. The van der Waals surface area contributed by atoms with Crippen molar-refractivity contribution in [3.8, 4) is 0 Å². The summed E-state index contributed by atoms with van der Waals surface area (Å²) in [6.07, 6.45) is -0.112. The number of amides is 1. The highest BCUT2D eigenvalue weighted by atomic mass is 32.2. The Morgan fingerprint density at radius 1 is 1.43 bits per heavy atom. The van der Waals surface area contributed by atoms with Crippen LogP contribution in [0.15, 0.2) is 23.1 Å². The minimum Gasteiger partial charge on any atom is -0.398 e. The van der Waals surface area contributed by atoms with Crippen LogP contribution < -0.4 is 11.5 Å². The molecule has 0 bridgehead atoms. The fourth-order valence-corrected chi connectivity index (χ4v) is 3.88. The molecule has 2 unspecified atom stereocenters. The van der Waals surface area contributed by atoms with Crippen LogP contribution in [0.1, 0.15) is 23.7 Å². The lowest BCUT2D eigenvalue weighted by Gasteiger charge is -2.33. The quantitative estimate of drug-likeness (QED) is 0.664. The van der Waals surface area contributed by atoms with Crippen LogP contribution in [-0.2, 0) is 10.0 Å². The number of nitrogens with zero attached hydrogens (tertiary/aromatic N) is 1. The Balaban J connectivity index is 2.34.